The van der Waals surface area contributed by atoms with Crippen molar-refractivity contribution in [1.29, 1.82) is 0 Å². The number of nitrogens with two attached hydrogens (primary N) is 1. The lowest BCUT2D eigenvalue weighted by Crippen LogP contribution is -2.43. The molecule has 8 aromatic heterocycles. The van der Waals surface area contributed by atoms with Crippen molar-refractivity contribution in [2.24, 2.45) is 11.7 Å². The van der Waals surface area contributed by atoms with Gasteiger partial charge in [0.2, 0.25) is 11.8 Å². The standard InChI is InChI=1S/C23H28N6O2.C17H18N6O2.C17H17N5O.C17H16N4O4/c1-27-9-5-17(6-10-27)23(30)28-12-14-31-13-8-24-21-7-11-29-22(26-21)20(16-25-29)18-3-2-4-19(28)15-18;18-16(24)12-2-1-11-9-14(12)25-8-6-19-4-5-20-15-3-7-23-17(22-15)13(11)10-21-23;23-16-6-1-2-8-18-15-7-9-22-17(21-15)14(11-19-22)12-4-3-5-13(10-12)20-16;22-17(23)12-2-1-11-9-14(12)25-8-7-24-6-4-18-15-3-5-21-16(20-15)13(11)10-19-21/h2-4,7,11,15-17H,5-6,8-10,12-14H2,1H3,(H,24,26);1-3,7,9-10,19H,4-6,8H2,(H2,18,24)(H,20,22);3-5,7,9-11H,1-2,6,8H2,(H,18,21)(H,20,23);1-3,5,9-10H,4,6-8H2,(H,18,20)(H,22,23). The summed E-state index contributed by atoms with van der Waals surface area (Å²) in [4.78, 5) is 71.4. The first-order chi connectivity index (χ1) is 50.9. The first-order valence-electron chi connectivity index (χ1n) is 34.7. The van der Waals surface area contributed by atoms with Crippen LogP contribution in [-0.4, -0.2) is 198 Å². The maximum absolute atomic E-state index is 13.5. The SMILES string of the molecule is CN1CCC(C(=O)N2CCOCCNc3ccn4ncc(c4n3)-c3cccc2c3)CC1.NC(=O)c1ccc2cc1OCCNCCNc1ccn3ncc-2c3n1.O=C(O)c1ccc2cc1OCCOCCNc1ccn3ncc-2c3n1.O=C1CCCCNc2ccn3ncc(c3n2)-c2cccc(c2)N1. The number of aromatic carboxylic acids is 1. The summed E-state index contributed by atoms with van der Waals surface area (Å²) in [6.07, 6.45) is 18.7. The van der Waals surface area contributed by atoms with E-state index >= 15 is 0 Å². The minimum Gasteiger partial charge on any atom is -0.491 e. The molecule has 17 rings (SSSR count). The fourth-order valence-electron chi connectivity index (χ4n) is 12.7. The van der Waals surface area contributed by atoms with E-state index in [-0.39, 0.29) is 29.9 Å². The highest BCUT2D eigenvalue weighted by atomic mass is 16.5. The molecule has 0 unspecified atom stereocenters. The van der Waals surface area contributed by atoms with Gasteiger partial charge in [0, 0.05) is 117 Å². The van der Waals surface area contributed by atoms with Gasteiger partial charge in [0.15, 0.2) is 22.6 Å². The second-order valence-corrected chi connectivity index (χ2v) is 25.2. The van der Waals surface area contributed by atoms with Gasteiger partial charge in [-0.2, -0.15) is 20.4 Å². The largest absolute Gasteiger partial charge is 0.491 e. The number of aromatic nitrogens is 12. The lowest BCUT2D eigenvalue weighted by Gasteiger charge is -2.32. The number of ether oxygens (including phenoxy) is 4. The quantitative estimate of drug-likeness (QED) is 0.0825. The fraction of sp³-hybridized carbons (Fsp3) is 0.297. The summed E-state index contributed by atoms with van der Waals surface area (Å²) in [5.74, 6) is 2.68. The molecule has 0 atom stereocenters. The first kappa shape index (κ1) is 69.0. The van der Waals surface area contributed by atoms with Gasteiger partial charge < -0.3 is 71.5 Å². The number of carbonyl (C=O) groups excluding carboxylic acids is 3. The molecular formula is C74H79N21O9. The Bertz CT molecular complexity index is 4910. The molecular weight excluding hydrogens is 1330 g/mol. The van der Waals surface area contributed by atoms with Crippen molar-refractivity contribution in [2.75, 3.05) is 137 Å². The van der Waals surface area contributed by atoms with Crippen molar-refractivity contribution in [2.45, 2.75) is 32.1 Å². The molecule has 0 spiro atoms. The number of rotatable bonds is 3. The molecule has 30 nitrogen and oxygen atoms in total. The Morgan fingerprint density at radius 1 is 0.500 bits per heavy atom. The number of likely N-dealkylation sites (tertiary alicyclic amines) is 1. The third kappa shape index (κ3) is 16.3. The number of nitrogens with zero attached hydrogens (tertiary/aromatic N) is 14. The number of hydrogen-bond acceptors (Lipinski definition) is 22. The Labute approximate surface area is 596 Å². The average molecular weight is 1410 g/mol. The van der Waals surface area contributed by atoms with Gasteiger partial charge in [-0.15, -0.1) is 0 Å². The number of carboxylic acid groups (broad SMARTS) is 1. The summed E-state index contributed by atoms with van der Waals surface area (Å²) in [5, 5.41) is 46.2. The highest BCUT2D eigenvalue weighted by Gasteiger charge is 2.29. The number of carbonyl (C=O) groups is 4. The molecule has 4 aromatic carbocycles. The second-order valence-electron chi connectivity index (χ2n) is 25.2. The fourth-order valence-corrected chi connectivity index (χ4v) is 12.7. The van der Waals surface area contributed by atoms with Crippen LogP contribution in [0.3, 0.4) is 0 Å². The van der Waals surface area contributed by atoms with Crippen molar-refractivity contribution in [3.63, 3.8) is 0 Å². The van der Waals surface area contributed by atoms with Crippen LogP contribution in [0.25, 0.3) is 67.1 Å². The van der Waals surface area contributed by atoms with Crippen LogP contribution in [0.15, 0.2) is 159 Å². The van der Waals surface area contributed by atoms with Crippen LogP contribution in [0.5, 0.6) is 11.5 Å². The summed E-state index contributed by atoms with van der Waals surface area (Å²) < 4.78 is 29.7. The third-order valence-electron chi connectivity index (χ3n) is 18.1. The van der Waals surface area contributed by atoms with Gasteiger partial charge >= 0.3 is 5.97 Å². The van der Waals surface area contributed by atoms with Crippen molar-refractivity contribution in [3.8, 4) is 56.0 Å². The summed E-state index contributed by atoms with van der Waals surface area (Å²) >= 11 is 0. The Morgan fingerprint density at radius 2 is 1.00 bits per heavy atom. The molecule has 5 aliphatic rings. The van der Waals surface area contributed by atoms with Gasteiger partial charge in [0.1, 0.15) is 53.5 Å². The van der Waals surface area contributed by atoms with E-state index in [1.54, 1.807) is 54.9 Å². The molecule has 3 amide bonds. The van der Waals surface area contributed by atoms with Crippen LogP contribution in [0.4, 0.5) is 34.6 Å². The summed E-state index contributed by atoms with van der Waals surface area (Å²) in [5.41, 5.74) is 17.8. The summed E-state index contributed by atoms with van der Waals surface area (Å²) in [7, 11) is 2.11. The predicted molar refractivity (Wildman–Crippen MR) is 394 cm³/mol. The number of primary amides is 1. The summed E-state index contributed by atoms with van der Waals surface area (Å²) in [6.45, 7) is 9.33. The van der Waals surface area contributed by atoms with E-state index in [2.05, 4.69) is 85.3 Å². The molecule has 0 saturated carbocycles. The number of nitrogens with one attached hydrogen (secondary N) is 6. The van der Waals surface area contributed by atoms with Gasteiger partial charge in [-0.1, -0.05) is 36.4 Å². The molecule has 16 bridgehead atoms. The molecule has 9 N–H and O–H groups in total. The Balaban J connectivity index is 0.000000118. The lowest BCUT2D eigenvalue weighted by atomic mass is 9.95. The van der Waals surface area contributed by atoms with E-state index in [1.807, 2.05) is 115 Å². The van der Waals surface area contributed by atoms with Gasteiger partial charge in [-0.3, -0.25) is 14.4 Å². The molecule has 12 aromatic rings. The van der Waals surface area contributed by atoms with E-state index in [0.29, 0.717) is 88.3 Å². The summed E-state index contributed by atoms with van der Waals surface area (Å²) in [6, 6.07) is 33.8. The molecule has 534 valence electrons. The molecule has 1 saturated heterocycles. The topological polar surface area (TPSA) is 351 Å². The van der Waals surface area contributed by atoms with Crippen LogP contribution in [-0.2, 0) is 19.1 Å². The number of piperidine rings is 1. The maximum atomic E-state index is 13.5. The van der Waals surface area contributed by atoms with E-state index in [4.69, 9.17) is 29.7 Å². The van der Waals surface area contributed by atoms with Crippen LogP contribution in [0.2, 0.25) is 0 Å². The molecule has 104 heavy (non-hydrogen) atoms. The molecule has 30 heteroatoms. The Hall–Kier alpha value is -12.1. The molecule has 13 heterocycles. The number of amides is 3. The van der Waals surface area contributed by atoms with Gasteiger partial charge in [0.25, 0.3) is 5.91 Å². The van der Waals surface area contributed by atoms with Gasteiger partial charge in [-0.05, 0) is 141 Å². The molecule has 0 radical (unpaired) electrons. The first-order valence-corrected chi connectivity index (χ1v) is 34.7. The monoisotopic (exact) mass is 1410 g/mol. The minimum absolute atomic E-state index is 0.0519. The Kier molecular flexibility index (Phi) is 21.4. The third-order valence-corrected chi connectivity index (χ3v) is 18.1. The van der Waals surface area contributed by atoms with E-state index in [9.17, 15) is 24.3 Å². The number of benzene rings is 4. The highest BCUT2D eigenvalue weighted by Crippen LogP contribution is 2.35. The number of carboxylic acids is 1. The van der Waals surface area contributed by atoms with E-state index < -0.39 is 11.9 Å². The van der Waals surface area contributed by atoms with Crippen LogP contribution in [0.1, 0.15) is 52.8 Å². The van der Waals surface area contributed by atoms with Crippen molar-refractivity contribution >= 4 is 80.9 Å². The van der Waals surface area contributed by atoms with Crippen molar-refractivity contribution < 1.29 is 43.2 Å². The molecule has 1 fully saturated rings. The zero-order valence-corrected chi connectivity index (χ0v) is 57.3. The maximum Gasteiger partial charge on any atom is 0.339 e. The number of hydrogen-bond donors (Lipinski definition) is 8. The predicted octanol–water partition coefficient (Wildman–Crippen LogP) is 8.25. The number of anilines is 6. The van der Waals surface area contributed by atoms with E-state index in [0.717, 1.165) is 155 Å². The van der Waals surface area contributed by atoms with Crippen LogP contribution < -0.4 is 52.0 Å². The van der Waals surface area contributed by atoms with Gasteiger partial charge in [0.05, 0.1) is 56.8 Å². The van der Waals surface area contributed by atoms with Crippen molar-refractivity contribution in [3.05, 3.63) is 170 Å². The second kappa shape index (κ2) is 32.3. The molecule has 5 aliphatic heterocycles. The van der Waals surface area contributed by atoms with Crippen molar-refractivity contribution in [1.82, 2.24) is 68.6 Å². The normalized spacial score (nSPS) is 15.9. The molecule has 0 aliphatic carbocycles. The highest BCUT2D eigenvalue weighted by molar-refractivity contribution is 5.98. The zero-order chi connectivity index (χ0) is 71.3. The zero-order valence-electron chi connectivity index (χ0n) is 57.3. The van der Waals surface area contributed by atoms with Crippen LogP contribution in [0, 0.1) is 5.92 Å². The lowest BCUT2D eigenvalue weighted by molar-refractivity contribution is -0.124. The van der Waals surface area contributed by atoms with Gasteiger partial charge in [-0.25, -0.2) is 42.8 Å². The van der Waals surface area contributed by atoms with E-state index in [1.165, 1.54) is 6.07 Å². The Morgan fingerprint density at radius 3 is 1.57 bits per heavy atom. The average Bonchev–Trinajstić information content (AvgIpc) is 1.51. The number of fused-ring (bicyclic) bond motifs is 16. The smallest absolute Gasteiger partial charge is 0.339 e. The van der Waals surface area contributed by atoms with Crippen LogP contribution >= 0.6 is 0 Å². The minimum atomic E-state index is -1.03.